The van der Waals surface area contributed by atoms with Gasteiger partial charge in [-0.05, 0) is 81.0 Å². The summed E-state index contributed by atoms with van der Waals surface area (Å²) in [7, 11) is -3.62. The first-order valence-corrected chi connectivity index (χ1v) is 11.0. The van der Waals surface area contributed by atoms with Gasteiger partial charge in [-0.25, -0.2) is 8.42 Å². The maximum absolute atomic E-state index is 12.5. The molecule has 0 saturated carbocycles. The van der Waals surface area contributed by atoms with Crippen molar-refractivity contribution in [2.45, 2.75) is 25.7 Å². The van der Waals surface area contributed by atoms with Crippen LogP contribution in [-0.2, 0) is 10.0 Å². The van der Waals surface area contributed by atoms with E-state index in [0.717, 1.165) is 22.5 Å². The molecule has 0 bridgehead atoms. The second kappa shape index (κ2) is 8.63. The van der Waals surface area contributed by atoms with Gasteiger partial charge in [-0.1, -0.05) is 35.4 Å². The van der Waals surface area contributed by atoms with Crippen molar-refractivity contribution in [1.29, 1.82) is 0 Å². The van der Waals surface area contributed by atoms with Gasteiger partial charge in [0.15, 0.2) is 5.11 Å². The molecule has 29 heavy (non-hydrogen) atoms. The molecule has 3 N–H and O–H groups in total. The van der Waals surface area contributed by atoms with Crippen LogP contribution in [0.2, 0.25) is 0 Å². The predicted octanol–water partition coefficient (Wildman–Crippen LogP) is 5.22. The molecule has 0 heterocycles. The zero-order chi connectivity index (χ0) is 21.0. The minimum atomic E-state index is -3.62. The van der Waals surface area contributed by atoms with Crippen LogP contribution in [0.1, 0.15) is 16.7 Å². The highest BCUT2D eigenvalue weighted by molar-refractivity contribution is 7.92. The summed E-state index contributed by atoms with van der Waals surface area (Å²) >= 11 is 5.37. The number of benzene rings is 3. The first-order chi connectivity index (χ1) is 13.7. The zero-order valence-electron chi connectivity index (χ0n) is 16.5. The Hall–Kier alpha value is -2.90. The summed E-state index contributed by atoms with van der Waals surface area (Å²) in [5.74, 6) is 0. The molecule has 3 rings (SSSR count). The van der Waals surface area contributed by atoms with Gasteiger partial charge >= 0.3 is 0 Å². The maximum Gasteiger partial charge on any atom is 0.261 e. The Labute approximate surface area is 177 Å². The third-order valence-corrected chi connectivity index (χ3v) is 5.96. The molecule has 0 aromatic heterocycles. The first kappa shape index (κ1) is 20.8. The molecule has 0 spiro atoms. The Kier molecular flexibility index (Phi) is 6.20. The van der Waals surface area contributed by atoms with Crippen LogP contribution in [0.4, 0.5) is 17.1 Å². The van der Waals surface area contributed by atoms with Gasteiger partial charge in [-0.2, -0.15) is 0 Å². The van der Waals surface area contributed by atoms with Crippen LogP contribution in [0.5, 0.6) is 0 Å². The number of rotatable bonds is 5. The fraction of sp³-hybridized carbons (Fsp3) is 0.136. The second-order valence-electron chi connectivity index (χ2n) is 6.89. The molecule has 150 valence electrons. The molecule has 0 aliphatic carbocycles. The van der Waals surface area contributed by atoms with E-state index in [4.69, 9.17) is 12.2 Å². The lowest BCUT2D eigenvalue weighted by Crippen LogP contribution is -2.19. The summed E-state index contributed by atoms with van der Waals surface area (Å²) in [5.41, 5.74) is 5.47. The normalized spacial score (nSPS) is 11.0. The van der Waals surface area contributed by atoms with Crippen LogP contribution in [0, 0.1) is 20.8 Å². The van der Waals surface area contributed by atoms with Gasteiger partial charge in [-0.15, -0.1) is 0 Å². The summed E-state index contributed by atoms with van der Waals surface area (Å²) in [4.78, 5) is 0.226. The smallest absolute Gasteiger partial charge is 0.261 e. The lowest BCUT2D eigenvalue weighted by molar-refractivity contribution is 0.601. The van der Waals surface area contributed by atoms with E-state index in [-0.39, 0.29) is 4.90 Å². The van der Waals surface area contributed by atoms with Crippen LogP contribution in [0.25, 0.3) is 0 Å². The molecule has 0 aliphatic rings. The van der Waals surface area contributed by atoms with Crippen LogP contribution in [-0.4, -0.2) is 13.5 Å². The Morgan fingerprint density at radius 2 is 1.34 bits per heavy atom. The van der Waals surface area contributed by atoms with Crippen LogP contribution >= 0.6 is 12.2 Å². The summed E-state index contributed by atoms with van der Waals surface area (Å²) < 4.78 is 27.5. The lowest BCUT2D eigenvalue weighted by atomic mass is 10.1. The highest BCUT2D eigenvalue weighted by atomic mass is 32.2. The number of sulfonamides is 1. The van der Waals surface area contributed by atoms with Crippen molar-refractivity contribution in [3.63, 3.8) is 0 Å². The molecule has 0 amide bonds. The van der Waals surface area contributed by atoms with Gasteiger partial charge in [0.25, 0.3) is 10.0 Å². The molecule has 3 aromatic rings. The van der Waals surface area contributed by atoms with Crippen molar-refractivity contribution in [2.75, 3.05) is 15.4 Å². The molecule has 0 unspecified atom stereocenters. The van der Waals surface area contributed by atoms with Crippen molar-refractivity contribution >= 4 is 44.4 Å². The molecule has 0 atom stereocenters. The van der Waals surface area contributed by atoms with E-state index in [1.54, 1.807) is 48.5 Å². The molecule has 7 heteroatoms. The fourth-order valence-electron chi connectivity index (χ4n) is 2.79. The number of hydrogen-bond donors (Lipinski definition) is 3. The molecular weight excluding hydrogens is 402 g/mol. The van der Waals surface area contributed by atoms with Crippen molar-refractivity contribution in [2.24, 2.45) is 0 Å². The fourth-order valence-corrected chi connectivity index (χ4v) is 4.08. The maximum atomic E-state index is 12.5. The monoisotopic (exact) mass is 425 g/mol. The van der Waals surface area contributed by atoms with Crippen molar-refractivity contribution in [3.8, 4) is 0 Å². The zero-order valence-corrected chi connectivity index (χ0v) is 18.1. The van der Waals surface area contributed by atoms with Gasteiger partial charge in [0.05, 0.1) is 4.90 Å². The molecule has 3 aromatic carbocycles. The SMILES string of the molecule is Cc1ccc(S(=O)(=O)Nc2ccc(NC(=S)Nc3ccc(C)cc3C)cc2)cc1. The number of nitrogens with one attached hydrogen (secondary N) is 3. The van der Waals surface area contributed by atoms with Crippen LogP contribution < -0.4 is 15.4 Å². The van der Waals surface area contributed by atoms with Crippen molar-refractivity contribution < 1.29 is 8.42 Å². The minimum absolute atomic E-state index is 0.226. The Bertz CT molecular complexity index is 1120. The van der Waals surface area contributed by atoms with Crippen molar-refractivity contribution in [3.05, 3.63) is 83.4 Å². The topological polar surface area (TPSA) is 70.2 Å². The molecular formula is C22H23N3O2S2. The van der Waals surface area contributed by atoms with Gasteiger partial charge < -0.3 is 10.6 Å². The average molecular weight is 426 g/mol. The summed E-state index contributed by atoms with van der Waals surface area (Å²) in [6.45, 7) is 5.98. The highest BCUT2D eigenvalue weighted by Crippen LogP contribution is 2.20. The highest BCUT2D eigenvalue weighted by Gasteiger charge is 2.13. The first-order valence-electron chi connectivity index (χ1n) is 9.08. The Morgan fingerprint density at radius 3 is 1.97 bits per heavy atom. The third-order valence-electron chi connectivity index (χ3n) is 4.36. The van der Waals surface area contributed by atoms with Crippen molar-refractivity contribution in [1.82, 2.24) is 0 Å². The lowest BCUT2D eigenvalue weighted by Gasteiger charge is -2.14. The van der Waals surface area contributed by atoms with Crippen LogP contribution in [0.15, 0.2) is 71.6 Å². The molecule has 0 saturated heterocycles. The standard InChI is InChI=1S/C22H23N3O2S2/c1-15-4-11-20(12-5-15)29(26,27)25-19-9-7-18(8-10-19)23-22(28)24-21-13-6-16(2)14-17(21)3/h4-14,25H,1-3H3,(H2,23,24,28). The third kappa shape index (κ3) is 5.56. The van der Waals surface area contributed by atoms with E-state index in [1.165, 1.54) is 5.56 Å². The quantitative estimate of drug-likeness (QED) is 0.489. The van der Waals surface area contributed by atoms with E-state index >= 15 is 0 Å². The Morgan fingerprint density at radius 1 is 0.759 bits per heavy atom. The largest absolute Gasteiger partial charge is 0.332 e. The summed E-state index contributed by atoms with van der Waals surface area (Å²) in [5, 5.41) is 6.74. The number of thiocarbonyl (C=S) groups is 1. The van der Waals surface area contributed by atoms with Gasteiger partial charge in [0, 0.05) is 17.1 Å². The van der Waals surface area contributed by atoms with E-state index in [1.807, 2.05) is 32.9 Å². The predicted molar refractivity (Wildman–Crippen MR) is 124 cm³/mol. The van der Waals surface area contributed by atoms with E-state index in [2.05, 4.69) is 21.4 Å². The van der Waals surface area contributed by atoms with Gasteiger partial charge in [0.1, 0.15) is 0 Å². The van der Waals surface area contributed by atoms with E-state index in [0.29, 0.717) is 10.8 Å². The second-order valence-corrected chi connectivity index (χ2v) is 8.98. The van der Waals surface area contributed by atoms with E-state index < -0.39 is 10.0 Å². The van der Waals surface area contributed by atoms with E-state index in [9.17, 15) is 8.42 Å². The summed E-state index contributed by atoms with van der Waals surface area (Å²) in [6, 6.07) is 19.7. The summed E-state index contributed by atoms with van der Waals surface area (Å²) in [6.07, 6.45) is 0. The van der Waals surface area contributed by atoms with Crippen LogP contribution in [0.3, 0.4) is 0 Å². The number of aryl methyl sites for hydroxylation is 3. The number of anilines is 3. The number of hydrogen-bond acceptors (Lipinski definition) is 3. The molecule has 0 aliphatic heterocycles. The minimum Gasteiger partial charge on any atom is -0.332 e. The Balaban J connectivity index is 1.63. The van der Waals surface area contributed by atoms with Gasteiger partial charge in [0.2, 0.25) is 0 Å². The molecule has 0 radical (unpaired) electrons. The molecule has 5 nitrogen and oxygen atoms in total. The molecule has 0 fully saturated rings. The van der Waals surface area contributed by atoms with Gasteiger partial charge in [-0.3, -0.25) is 4.72 Å². The average Bonchev–Trinajstić information content (AvgIpc) is 2.66.